The molecule has 3 rings (SSSR count). The van der Waals surface area contributed by atoms with Gasteiger partial charge in [0.2, 0.25) is 0 Å². The van der Waals surface area contributed by atoms with Crippen LogP contribution in [0.4, 0.5) is 5.69 Å². The highest BCUT2D eigenvalue weighted by Gasteiger charge is 2.13. The number of rotatable bonds is 7. The van der Waals surface area contributed by atoms with Gasteiger partial charge >= 0.3 is 11.8 Å². The van der Waals surface area contributed by atoms with Crippen molar-refractivity contribution in [2.75, 3.05) is 12.4 Å². The standard InChI is InChI=1S/C23H22N2O4/c1-28-20-11-7-17(8-12-20)15-24-22(26)23(27)25-19-9-13-21(14-10-19)29-16-18-5-3-2-4-6-18/h2-14H,15-16H2,1H3,(H,24,26)(H,25,27). The van der Waals surface area contributed by atoms with Crippen molar-refractivity contribution in [2.45, 2.75) is 13.2 Å². The summed E-state index contributed by atoms with van der Waals surface area (Å²) in [6.07, 6.45) is 0. The highest BCUT2D eigenvalue weighted by molar-refractivity contribution is 6.39. The number of nitrogens with one attached hydrogen (secondary N) is 2. The Balaban J connectivity index is 1.45. The van der Waals surface area contributed by atoms with Crippen molar-refractivity contribution in [1.29, 1.82) is 0 Å². The fourth-order valence-corrected chi connectivity index (χ4v) is 2.57. The summed E-state index contributed by atoms with van der Waals surface area (Å²) in [4.78, 5) is 24.1. The van der Waals surface area contributed by atoms with E-state index in [0.717, 1.165) is 16.9 Å². The van der Waals surface area contributed by atoms with Crippen LogP contribution in [0.5, 0.6) is 11.5 Å². The van der Waals surface area contributed by atoms with Crippen LogP contribution in [-0.2, 0) is 22.7 Å². The lowest BCUT2D eigenvalue weighted by Gasteiger charge is -2.09. The number of hydrogen-bond acceptors (Lipinski definition) is 4. The lowest BCUT2D eigenvalue weighted by Crippen LogP contribution is -2.34. The number of benzene rings is 3. The molecular weight excluding hydrogens is 368 g/mol. The van der Waals surface area contributed by atoms with Crippen LogP contribution < -0.4 is 20.1 Å². The second-order valence-corrected chi connectivity index (χ2v) is 6.28. The fourth-order valence-electron chi connectivity index (χ4n) is 2.57. The van der Waals surface area contributed by atoms with E-state index in [2.05, 4.69) is 10.6 Å². The summed E-state index contributed by atoms with van der Waals surface area (Å²) >= 11 is 0. The summed E-state index contributed by atoms with van der Waals surface area (Å²) in [6, 6.07) is 23.9. The summed E-state index contributed by atoms with van der Waals surface area (Å²) in [5.74, 6) is -0.0217. The van der Waals surface area contributed by atoms with Crippen molar-refractivity contribution < 1.29 is 19.1 Å². The predicted molar refractivity (Wildman–Crippen MR) is 111 cm³/mol. The maximum atomic E-state index is 12.1. The zero-order valence-electron chi connectivity index (χ0n) is 16.1. The third kappa shape index (κ3) is 6.10. The highest BCUT2D eigenvalue weighted by Crippen LogP contribution is 2.17. The fraction of sp³-hybridized carbons (Fsp3) is 0.130. The summed E-state index contributed by atoms with van der Waals surface area (Å²) < 4.78 is 10.8. The number of amides is 2. The second kappa shape index (κ2) is 9.94. The molecule has 3 aromatic carbocycles. The molecule has 0 aliphatic carbocycles. The van der Waals surface area contributed by atoms with Crippen molar-refractivity contribution in [3.05, 3.63) is 90.0 Å². The molecule has 0 bridgehead atoms. The molecule has 0 fully saturated rings. The van der Waals surface area contributed by atoms with Crippen molar-refractivity contribution >= 4 is 17.5 Å². The number of carbonyl (C=O) groups excluding carboxylic acids is 2. The monoisotopic (exact) mass is 390 g/mol. The Bertz CT molecular complexity index is 939. The number of carbonyl (C=O) groups is 2. The first-order valence-corrected chi connectivity index (χ1v) is 9.13. The van der Waals surface area contributed by atoms with Crippen LogP contribution in [0, 0.1) is 0 Å². The Kier molecular flexibility index (Phi) is 6.84. The van der Waals surface area contributed by atoms with Gasteiger partial charge in [0.1, 0.15) is 18.1 Å². The van der Waals surface area contributed by atoms with Gasteiger partial charge in [0, 0.05) is 12.2 Å². The second-order valence-electron chi connectivity index (χ2n) is 6.28. The number of anilines is 1. The lowest BCUT2D eigenvalue weighted by atomic mass is 10.2. The molecule has 0 saturated heterocycles. The molecule has 0 heterocycles. The minimum absolute atomic E-state index is 0.252. The summed E-state index contributed by atoms with van der Waals surface area (Å²) in [5, 5.41) is 5.16. The molecule has 6 nitrogen and oxygen atoms in total. The van der Waals surface area contributed by atoms with E-state index in [0.29, 0.717) is 18.0 Å². The topological polar surface area (TPSA) is 76.7 Å². The van der Waals surface area contributed by atoms with Gasteiger partial charge in [-0.05, 0) is 47.5 Å². The van der Waals surface area contributed by atoms with Crippen LogP contribution >= 0.6 is 0 Å². The van der Waals surface area contributed by atoms with Crippen LogP contribution in [0.15, 0.2) is 78.9 Å². The molecule has 2 amide bonds. The van der Waals surface area contributed by atoms with E-state index in [9.17, 15) is 9.59 Å². The van der Waals surface area contributed by atoms with E-state index in [1.54, 1.807) is 43.5 Å². The first kappa shape index (κ1) is 19.9. The molecule has 0 aliphatic rings. The molecule has 0 saturated carbocycles. The summed E-state index contributed by atoms with van der Waals surface area (Å²) in [7, 11) is 1.59. The molecule has 0 spiro atoms. The maximum Gasteiger partial charge on any atom is 0.313 e. The van der Waals surface area contributed by atoms with E-state index < -0.39 is 11.8 Å². The van der Waals surface area contributed by atoms with Crippen molar-refractivity contribution in [3.63, 3.8) is 0 Å². The molecule has 148 valence electrons. The molecule has 0 radical (unpaired) electrons. The first-order chi connectivity index (χ1) is 14.1. The van der Waals surface area contributed by atoms with Gasteiger partial charge in [0.15, 0.2) is 0 Å². The van der Waals surface area contributed by atoms with Gasteiger partial charge in [0.25, 0.3) is 0 Å². The molecule has 3 aromatic rings. The van der Waals surface area contributed by atoms with E-state index in [1.165, 1.54) is 0 Å². The van der Waals surface area contributed by atoms with Gasteiger partial charge < -0.3 is 20.1 Å². The van der Waals surface area contributed by atoms with Crippen LogP contribution in [0.25, 0.3) is 0 Å². The van der Waals surface area contributed by atoms with Gasteiger partial charge in [-0.1, -0.05) is 42.5 Å². The SMILES string of the molecule is COc1ccc(CNC(=O)C(=O)Nc2ccc(OCc3ccccc3)cc2)cc1. The normalized spacial score (nSPS) is 10.1. The van der Waals surface area contributed by atoms with Crippen LogP contribution in [0.1, 0.15) is 11.1 Å². The first-order valence-electron chi connectivity index (χ1n) is 9.13. The maximum absolute atomic E-state index is 12.1. The highest BCUT2D eigenvalue weighted by atomic mass is 16.5. The minimum Gasteiger partial charge on any atom is -0.497 e. The zero-order valence-corrected chi connectivity index (χ0v) is 16.1. The molecule has 0 aliphatic heterocycles. The quantitative estimate of drug-likeness (QED) is 0.605. The minimum atomic E-state index is -0.725. The average Bonchev–Trinajstić information content (AvgIpc) is 2.78. The van der Waals surface area contributed by atoms with Gasteiger partial charge in [-0.25, -0.2) is 0 Å². The van der Waals surface area contributed by atoms with E-state index in [-0.39, 0.29) is 6.54 Å². The molecule has 2 N–H and O–H groups in total. The number of hydrogen-bond donors (Lipinski definition) is 2. The van der Waals surface area contributed by atoms with Crippen LogP contribution in [0.2, 0.25) is 0 Å². The van der Waals surface area contributed by atoms with Crippen molar-refractivity contribution in [1.82, 2.24) is 5.32 Å². The molecule has 6 heteroatoms. The largest absolute Gasteiger partial charge is 0.497 e. The third-order valence-corrected chi connectivity index (χ3v) is 4.18. The molecule has 0 aromatic heterocycles. The Hall–Kier alpha value is -3.80. The number of methoxy groups -OCH3 is 1. The van der Waals surface area contributed by atoms with Crippen molar-refractivity contribution in [2.24, 2.45) is 0 Å². The van der Waals surface area contributed by atoms with Gasteiger partial charge in [0.05, 0.1) is 7.11 Å². The molecule has 29 heavy (non-hydrogen) atoms. The third-order valence-electron chi connectivity index (χ3n) is 4.18. The number of ether oxygens (including phenoxy) is 2. The summed E-state index contributed by atoms with van der Waals surface area (Å²) in [6.45, 7) is 0.711. The van der Waals surface area contributed by atoms with Gasteiger partial charge in [-0.15, -0.1) is 0 Å². The Morgan fingerprint density at radius 1 is 0.759 bits per heavy atom. The Morgan fingerprint density at radius 2 is 1.41 bits per heavy atom. The zero-order chi connectivity index (χ0) is 20.5. The lowest BCUT2D eigenvalue weighted by molar-refractivity contribution is -0.136. The Labute approximate surface area is 169 Å². The van der Waals surface area contributed by atoms with Crippen LogP contribution in [-0.4, -0.2) is 18.9 Å². The Morgan fingerprint density at radius 3 is 2.07 bits per heavy atom. The predicted octanol–water partition coefficient (Wildman–Crippen LogP) is 3.53. The smallest absolute Gasteiger partial charge is 0.313 e. The van der Waals surface area contributed by atoms with Gasteiger partial charge in [-0.2, -0.15) is 0 Å². The van der Waals surface area contributed by atoms with E-state index in [4.69, 9.17) is 9.47 Å². The van der Waals surface area contributed by atoms with E-state index >= 15 is 0 Å². The molecular formula is C23H22N2O4. The van der Waals surface area contributed by atoms with Gasteiger partial charge in [-0.3, -0.25) is 9.59 Å². The van der Waals surface area contributed by atoms with Crippen LogP contribution in [0.3, 0.4) is 0 Å². The summed E-state index contributed by atoms with van der Waals surface area (Å²) in [5.41, 5.74) is 2.45. The van der Waals surface area contributed by atoms with Crippen molar-refractivity contribution in [3.8, 4) is 11.5 Å². The average molecular weight is 390 g/mol. The van der Waals surface area contributed by atoms with E-state index in [1.807, 2.05) is 42.5 Å². The molecule has 0 unspecified atom stereocenters. The molecule has 0 atom stereocenters.